The molecule has 0 aromatic carbocycles. The van der Waals surface area contributed by atoms with Gasteiger partial charge in [-0.15, -0.1) is 5.10 Å². The molecule has 6 heteroatoms. The summed E-state index contributed by atoms with van der Waals surface area (Å²) < 4.78 is 5.59. The van der Waals surface area contributed by atoms with Gasteiger partial charge in [0.1, 0.15) is 5.82 Å². The molecule has 1 saturated heterocycles. The number of aromatic amines is 1. The lowest BCUT2D eigenvalue weighted by molar-refractivity contribution is -0.129. The van der Waals surface area contributed by atoms with Gasteiger partial charge in [0, 0.05) is 6.61 Å². The molecule has 1 aromatic heterocycles. The third-order valence-corrected chi connectivity index (χ3v) is 3.01. The average Bonchev–Trinajstić information content (AvgIpc) is 2.74. The number of nitrogens with one attached hydrogen (secondary N) is 2. The average molecular weight is 238 g/mol. The van der Waals surface area contributed by atoms with E-state index < -0.39 is 0 Å². The molecular formula is C11H18N4O2. The Morgan fingerprint density at radius 3 is 3.12 bits per heavy atom. The van der Waals surface area contributed by atoms with E-state index in [0.717, 1.165) is 25.9 Å². The van der Waals surface area contributed by atoms with Crippen LogP contribution >= 0.6 is 0 Å². The number of carbonyl (C=O) groups is 1. The smallest absolute Gasteiger partial charge is 0.248 e. The molecule has 2 atom stereocenters. The van der Waals surface area contributed by atoms with Crippen LogP contribution in [-0.4, -0.2) is 33.8 Å². The Kier molecular flexibility index (Phi) is 3.73. The molecule has 0 saturated carbocycles. The maximum Gasteiger partial charge on any atom is 0.248 e. The molecule has 2 heterocycles. The highest BCUT2D eigenvalue weighted by molar-refractivity contribution is 5.91. The molecule has 0 aliphatic carbocycles. The van der Waals surface area contributed by atoms with Gasteiger partial charge in [-0.1, -0.05) is 6.92 Å². The standard InChI is InChI=1S/C11H18N4O2/c1-3-9-8(5-4-6-17-9)10(16)13-11-12-7(2)14-15-11/h8-9H,3-6H2,1-2H3,(H2,12,13,14,15,16). The molecule has 2 N–H and O–H groups in total. The summed E-state index contributed by atoms with van der Waals surface area (Å²) >= 11 is 0. The molecule has 1 aliphatic rings. The van der Waals surface area contributed by atoms with Crippen molar-refractivity contribution in [1.82, 2.24) is 15.2 Å². The second-order valence-corrected chi connectivity index (χ2v) is 4.30. The predicted octanol–water partition coefficient (Wildman–Crippen LogP) is 1.26. The van der Waals surface area contributed by atoms with Crippen LogP contribution in [0.2, 0.25) is 0 Å². The maximum atomic E-state index is 12.1. The number of aromatic nitrogens is 3. The fourth-order valence-electron chi connectivity index (χ4n) is 2.14. The lowest BCUT2D eigenvalue weighted by Crippen LogP contribution is -2.38. The molecule has 1 amide bonds. The van der Waals surface area contributed by atoms with E-state index in [1.165, 1.54) is 0 Å². The monoisotopic (exact) mass is 238 g/mol. The molecule has 2 rings (SSSR count). The highest BCUT2D eigenvalue weighted by atomic mass is 16.5. The van der Waals surface area contributed by atoms with Crippen LogP contribution in [0.3, 0.4) is 0 Å². The van der Waals surface area contributed by atoms with Gasteiger partial charge in [0.05, 0.1) is 12.0 Å². The number of hydrogen-bond donors (Lipinski definition) is 2. The summed E-state index contributed by atoms with van der Waals surface area (Å²) in [4.78, 5) is 16.1. The van der Waals surface area contributed by atoms with Crippen molar-refractivity contribution in [3.8, 4) is 0 Å². The zero-order chi connectivity index (χ0) is 12.3. The number of amides is 1. The van der Waals surface area contributed by atoms with Crippen LogP contribution in [0.15, 0.2) is 0 Å². The van der Waals surface area contributed by atoms with Gasteiger partial charge >= 0.3 is 0 Å². The van der Waals surface area contributed by atoms with E-state index in [1.54, 1.807) is 6.92 Å². The Labute approximate surface area is 100 Å². The Hall–Kier alpha value is -1.43. The van der Waals surface area contributed by atoms with Gasteiger partial charge in [0.25, 0.3) is 0 Å². The second kappa shape index (κ2) is 5.27. The van der Waals surface area contributed by atoms with E-state index in [9.17, 15) is 4.79 Å². The fraction of sp³-hybridized carbons (Fsp3) is 0.727. The van der Waals surface area contributed by atoms with Crippen molar-refractivity contribution in [2.45, 2.75) is 39.2 Å². The molecule has 6 nitrogen and oxygen atoms in total. The largest absolute Gasteiger partial charge is 0.377 e. The third kappa shape index (κ3) is 2.82. The highest BCUT2D eigenvalue weighted by Crippen LogP contribution is 2.24. The van der Waals surface area contributed by atoms with Crippen LogP contribution in [0, 0.1) is 12.8 Å². The van der Waals surface area contributed by atoms with Gasteiger partial charge in [-0.05, 0) is 26.2 Å². The fourth-order valence-corrected chi connectivity index (χ4v) is 2.14. The lowest BCUT2D eigenvalue weighted by Gasteiger charge is -2.29. The van der Waals surface area contributed by atoms with Crippen LogP contribution < -0.4 is 5.32 Å². The van der Waals surface area contributed by atoms with Gasteiger partial charge < -0.3 is 4.74 Å². The van der Waals surface area contributed by atoms with E-state index >= 15 is 0 Å². The first-order chi connectivity index (χ1) is 8.20. The zero-order valence-electron chi connectivity index (χ0n) is 10.2. The minimum atomic E-state index is -0.0902. The molecule has 17 heavy (non-hydrogen) atoms. The summed E-state index contributed by atoms with van der Waals surface area (Å²) in [6.07, 6.45) is 2.67. The summed E-state index contributed by atoms with van der Waals surface area (Å²) in [5.74, 6) is 0.892. The SMILES string of the molecule is CCC1OCCCC1C(=O)Nc1n[nH]c(C)n1. The lowest BCUT2D eigenvalue weighted by atomic mass is 9.92. The number of aryl methyl sites for hydroxylation is 1. The van der Waals surface area contributed by atoms with Crippen LogP contribution in [0.25, 0.3) is 0 Å². The van der Waals surface area contributed by atoms with Crippen LogP contribution in [0.1, 0.15) is 32.0 Å². The number of nitrogens with zero attached hydrogens (tertiary/aromatic N) is 2. The topological polar surface area (TPSA) is 79.9 Å². The van der Waals surface area contributed by atoms with E-state index in [0.29, 0.717) is 11.8 Å². The molecule has 1 fully saturated rings. The molecule has 0 bridgehead atoms. The zero-order valence-corrected chi connectivity index (χ0v) is 10.2. The Balaban J connectivity index is 1.98. The summed E-state index contributed by atoms with van der Waals surface area (Å²) in [5.41, 5.74) is 0. The Morgan fingerprint density at radius 2 is 2.47 bits per heavy atom. The summed E-state index contributed by atoms with van der Waals surface area (Å²) in [7, 11) is 0. The van der Waals surface area contributed by atoms with Gasteiger partial charge in [-0.25, -0.2) is 0 Å². The Morgan fingerprint density at radius 1 is 1.65 bits per heavy atom. The van der Waals surface area contributed by atoms with Gasteiger partial charge in [0.15, 0.2) is 0 Å². The number of ether oxygens (including phenoxy) is 1. The number of carbonyl (C=O) groups excluding carboxylic acids is 1. The van der Waals surface area contributed by atoms with Crippen molar-refractivity contribution >= 4 is 11.9 Å². The molecule has 0 spiro atoms. The molecule has 1 aliphatic heterocycles. The first-order valence-electron chi connectivity index (χ1n) is 6.02. The number of hydrogen-bond acceptors (Lipinski definition) is 4. The predicted molar refractivity (Wildman–Crippen MR) is 62.5 cm³/mol. The van der Waals surface area contributed by atoms with Crippen molar-refractivity contribution < 1.29 is 9.53 Å². The summed E-state index contributed by atoms with van der Waals surface area (Å²) in [6.45, 7) is 4.58. The second-order valence-electron chi connectivity index (χ2n) is 4.30. The van der Waals surface area contributed by atoms with E-state index in [4.69, 9.17) is 4.74 Å². The van der Waals surface area contributed by atoms with E-state index in [-0.39, 0.29) is 17.9 Å². The van der Waals surface area contributed by atoms with Gasteiger partial charge in [0.2, 0.25) is 11.9 Å². The van der Waals surface area contributed by atoms with Crippen LogP contribution in [0.5, 0.6) is 0 Å². The minimum Gasteiger partial charge on any atom is -0.377 e. The number of anilines is 1. The van der Waals surface area contributed by atoms with Crippen molar-refractivity contribution in [2.24, 2.45) is 5.92 Å². The van der Waals surface area contributed by atoms with E-state index in [2.05, 4.69) is 20.5 Å². The first kappa shape index (κ1) is 12.0. The molecule has 1 aromatic rings. The van der Waals surface area contributed by atoms with Crippen molar-refractivity contribution in [1.29, 1.82) is 0 Å². The molecule has 0 radical (unpaired) electrons. The number of rotatable bonds is 3. The molecule has 94 valence electrons. The molecule has 2 unspecified atom stereocenters. The van der Waals surface area contributed by atoms with Gasteiger partial charge in [-0.3, -0.25) is 15.2 Å². The quantitative estimate of drug-likeness (QED) is 0.830. The van der Waals surface area contributed by atoms with Crippen molar-refractivity contribution in [2.75, 3.05) is 11.9 Å². The number of H-pyrrole nitrogens is 1. The van der Waals surface area contributed by atoms with Crippen LogP contribution in [0.4, 0.5) is 5.95 Å². The molecular weight excluding hydrogens is 220 g/mol. The third-order valence-electron chi connectivity index (χ3n) is 3.01. The minimum absolute atomic E-state index is 0.0174. The summed E-state index contributed by atoms with van der Waals surface area (Å²) in [5, 5.41) is 9.31. The normalized spacial score (nSPS) is 24.6. The highest BCUT2D eigenvalue weighted by Gasteiger charge is 2.31. The first-order valence-corrected chi connectivity index (χ1v) is 6.02. The van der Waals surface area contributed by atoms with Crippen molar-refractivity contribution in [3.63, 3.8) is 0 Å². The maximum absolute atomic E-state index is 12.1. The van der Waals surface area contributed by atoms with Crippen LogP contribution in [-0.2, 0) is 9.53 Å². The summed E-state index contributed by atoms with van der Waals surface area (Å²) in [6, 6.07) is 0. The van der Waals surface area contributed by atoms with Gasteiger partial charge in [-0.2, -0.15) is 4.98 Å². The Bertz CT molecular complexity index is 391. The van der Waals surface area contributed by atoms with E-state index in [1.807, 2.05) is 6.92 Å². The van der Waals surface area contributed by atoms with Crippen molar-refractivity contribution in [3.05, 3.63) is 5.82 Å².